The molecule has 22 heavy (non-hydrogen) atoms. The molecule has 0 radical (unpaired) electrons. The van der Waals surface area contributed by atoms with E-state index in [-0.39, 0.29) is 5.91 Å². The Bertz CT molecular complexity index is 800. The van der Waals surface area contributed by atoms with Crippen molar-refractivity contribution in [3.63, 3.8) is 0 Å². The number of carbonyl (C=O) groups excluding carboxylic acids is 1. The number of hydrogen-bond donors (Lipinski definition) is 1. The van der Waals surface area contributed by atoms with E-state index in [0.717, 1.165) is 26.0 Å². The first kappa shape index (κ1) is 15.1. The Kier molecular flexibility index (Phi) is 4.75. The van der Waals surface area contributed by atoms with Gasteiger partial charge in [-0.1, -0.05) is 34.1 Å². The number of hydrogen-bond acceptors (Lipinski definition) is 3. The summed E-state index contributed by atoms with van der Waals surface area (Å²) in [5.41, 5.74) is 1.73. The summed E-state index contributed by atoms with van der Waals surface area (Å²) in [4.78, 5) is 17.5. The standard InChI is InChI=1S/C17H13BrN2OS/c18-13-6-8-14(9-7-13)20-16(21)11-22-15-5-1-3-12-4-2-10-19-17(12)15/h1-10H,11H2,(H,20,21). The number of aromatic nitrogens is 1. The SMILES string of the molecule is O=C(CSc1cccc2cccnc12)Nc1ccc(Br)cc1. The zero-order chi connectivity index (χ0) is 15.4. The molecule has 0 unspecified atom stereocenters. The number of rotatable bonds is 4. The average Bonchev–Trinajstić information content (AvgIpc) is 2.55. The molecule has 1 amide bonds. The minimum atomic E-state index is -0.0275. The fraction of sp³-hybridized carbons (Fsp3) is 0.0588. The molecule has 2 aromatic carbocycles. The minimum Gasteiger partial charge on any atom is -0.325 e. The van der Waals surface area contributed by atoms with Gasteiger partial charge in [0.15, 0.2) is 0 Å². The maximum atomic E-state index is 12.0. The van der Waals surface area contributed by atoms with Crippen molar-refractivity contribution in [1.29, 1.82) is 0 Å². The molecular formula is C17H13BrN2OS. The number of nitrogens with zero attached hydrogens (tertiary/aromatic N) is 1. The number of thioether (sulfide) groups is 1. The van der Waals surface area contributed by atoms with Crippen LogP contribution in [0.5, 0.6) is 0 Å². The van der Waals surface area contributed by atoms with Crippen molar-refractivity contribution >= 4 is 50.2 Å². The summed E-state index contributed by atoms with van der Waals surface area (Å²) >= 11 is 4.87. The third kappa shape index (κ3) is 3.67. The van der Waals surface area contributed by atoms with Crippen molar-refractivity contribution in [2.45, 2.75) is 4.90 Å². The second-order valence-corrected chi connectivity index (χ2v) is 6.61. The number of nitrogens with one attached hydrogen (secondary N) is 1. The highest BCUT2D eigenvalue weighted by molar-refractivity contribution is 9.10. The quantitative estimate of drug-likeness (QED) is 0.673. The molecule has 0 bridgehead atoms. The smallest absolute Gasteiger partial charge is 0.234 e. The van der Waals surface area contributed by atoms with E-state index < -0.39 is 0 Å². The number of amides is 1. The highest BCUT2D eigenvalue weighted by Crippen LogP contribution is 2.26. The van der Waals surface area contributed by atoms with Gasteiger partial charge in [-0.3, -0.25) is 9.78 Å². The van der Waals surface area contributed by atoms with Crippen LogP contribution in [0.1, 0.15) is 0 Å². The Morgan fingerprint density at radius 2 is 1.86 bits per heavy atom. The van der Waals surface area contributed by atoms with Crippen LogP contribution in [0.25, 0.3) is 10.9 Å². The maximum Gasteiger partial charge on any atom is 0.234 e. The Morgan fingerprint density at radius 1 is 1.09 bits per heavy atom. The van der Waals surface area contributed by atoms with E-state index in [1.54, 1.807) is 6.20 Å². The lowest BCUT2D eigenvalue weighted by Gasteiger charge is -2.07. The number of para-hydroxylation sites is 1. The van der Waals surface area contributed by atoms with Crippen molar-refractivity contribution in [1.82, 2.24) is 4.98 Å². The van der Waals surface area contributed by atoms with Crippen molar-refractivity contribution in [2.75, 3.05) is 11.1 Å². The predicted molar refractivity (Wildman–Crippen MR) is 95.2 cm³/mol. The van der Waals surface area contributed by atoms with Crippen LogP contribution in [0.3, 0.4) is 0 Å². The lowest BCUT2D eigenvalue weighted by Crippen LogP contribution is -2.13. The number of fused-ring (bicyclic) bond motifs is 1. The molecule has 0 aliphatic carbocycles. The van der Waals surface area contributed by atoms with E-state index in [9.17, 15) is 4.79 Å². The Balaban J connectivity index is 1.66. The van der Waals surface area contributed by atoms with Crippen LogP contribution in [0.15, 0.2) is 70.2 Å². The van der Waals surface area contributed by atoms with Crippen LogP contribution >= 0.6 is 27.7 Å². The Hall–Kier alpha value is -1.85. The van der Waals surface area contributed by atoms with Crippen LogP contribution < -0.4 is 5.32 Å². The van der Waals surface area contributed by atoms with Crippen molar-refractivity contribution in [3.05, 3.63) is 65.3 Å². The molecule has 3 aromatic rings. The van der Waals surface area contributed by atoms with Gasteiger partial charge in [-0.15, -0.1) is 11.8 Å². The summed E-state index contributed by atoms with van der Waals surface area (Å²) in [7, 11) is 0. The molecule has 0 fully saturated rings. The third-order valence-electron chi connectivity index (χ3n) is 3.08. The van der Waals surface area contributed by atoms with Gasteiger partial charge in [-0.25, -0.2) is 0 Å². The normalized spacial score (nSPS) is 10.6. The highest BCUT2D eigenvalue weighted by Gasteiger charge is 2.07. The largest absolute Gasteiger partial charge is 0.325 e. The van der Waals surface area contributed by atoms with E-state index in [4.69, 9.17) is 0 Å². The van der Waals surface area contributed by atoms with Crippen molar-refractivity contribution in [3.8, 4) is 0 Å². The first-order valence-electron chi connectivity index (χ1n) is 6.74. The lowest BCUT2D eigenvalue weighted by atomic mass is 10.2. The number of pyridine rings is 1. The molecule has 0 saturated carbocycles. The van der Waals surface area contributed by atoms with E-state index in [1.807, 2.05) is 54.6 Å². The molecule has 0 atom stereocenters. The van der Waals surface area contributed by atoms with Gasteiger partial charge in [0.1, 0.15) is 0 Å². The zero-order valence-corrected chi connectivity index (χ0v) is 14.0. The number of carbonyl (C=O) groups is 1. The monoisotopic (exact) mass is 372 g/mol. The van der Waals surface area contributed by atoms with Gasteiger partial charge in [0, 0.05) is 26.6 Å². The molecule has 0 spiro atoms. The van der Waals surface area contributed by atoms with Crippen LogP contribution in [0.4, 0.5) is 5.69 Å². The summed E-state index contributed by atoms with van der Waals surface area (Å²) in [6.07, 6.45) is 1.77. The van der Waals surface area contributed by atoms with Crippen molar-refractivity contribution < 1.29 is 4.79 Å². The van der Waals surface area contributed by atoms with Crippen LogP contribution in [-0.4, -0.2) is 16.6 Å². The second kappa shape index (κ2) is 6.94. The molecule has 1 heterocycles. The average molecular weight is 373 g/mol. The fourth-order valence-corrected chi connectivity index (χ4v) is 3.17. The molecule has 3 rings (SSSR count). The Morgan fingerprint density at radius 3 is 2.68 bits per heavy atom. The van der Waals surface area contributed by atoms with Crippen LogP contribution in [0, 0.1) is 0 Å². The number of anilines is 1. The molecule has 5 heteroatoms. The van der Waals surface area contributed by atoms with Crippen molar-refractivity contribution in [2.24, 2.45) is 0 Å². The summed E-state index contributed by atoms with van der Waals surface area (Å²) in [6, 6.07) is 17.5. The van der Waals surface area contributed by atoms with Gasteiger partial charge in [-0.2, -0.15) is 0 Å². The lowest BCUT2D eigenvalue weighted by molar-refractivity contribution is -0.113. The maximum absolute atomic E-state index is 12.0. The molecule has 1 aromatic heterocycles. The summed E-state index contributed by atoms with van der Waals surface area (Å²) < 4.78 is 0.988. The number of halogens is 1. The highest BCUT2D eigenvalue weighted by atomic mass is 79.9. The number of benzene rings is 2. The molecule has 0 saturated heterocycles. The summed E-state index contributed by atoms with van der Waals surface area (Å²) in [5, 5.41) is 3.97. The van der Waals surface area contributed by atoms with Gasteiger partial charge in [0.25, 0.3) is 0 Å². The molecule has 0 aliphatic rings. The Labute approximate surface area is 141 Å². The fourth-order valence-electron chi connectivity index (χ4n) is 2.07. The predicted octanol–water partition coefficient (Wildman–Crippen LogP) is 4.73. The molecular weight excluding hydrogens is 360 g/mol. The van der Waals surface area contributed by atoms with Gasteiger partial charge in [0.05, 0.1) is 11.3 Å². The van der Waals surface area contributed by atoms with Crippen LogP contribution in [-0.2, 0) is 4.79 Å². The molecule has 0 aliphatic heterocycles. The van der Waals surface area contributed by atoms with E-state index in [0.29, 0.717) is 5.75 Å². The zero-order valence-electron chi connectivity index (χ0n) is 11.6. The second-order valence-electron chi connectivity index (χ2n) is 4.68. The first-order valence-corrected chi connectivity index (χ1v) is 8.52. The van der Waals surface area contributed by atoms with Crippen LogP contribution in [0.2, 0.25) is 0 Å². The first-order chi connectivity index (χ1) is 10.7. The van der Waals surface area contributed by atoms with Gasteiger partial charge < -0.3 is 5.32 Å². The van der Waals surface area contributed by atoms with Gasteiger partial charge in [0.2, 0.25) is 5.91 Å². The van der Waals surface area contributed by atoms with Gasteiger partial charge in [-0.05, 0) is 36.4 Å². The molecule has 3 nitrogen and oxygen atoms in total. The van der Waals surface area contributed by atoms with E-state index in [2.05, 4.69) is 26.2 Å². The topological polar surface area (TPSA) is 42.0 Å². The van der Waals surface area contributed by atoms with E-state index in [1.165, 1.54) is 11.8 Å². The summed E-state index contributed by atoms with van der Waals surface area (Å²) in [6.45, 7) is 0. The van der Waals surface area contributed by atoms with E-state index >= 15 is 0 Å². The molecule has 110 valence electrons. The summed E-state index contributed by atoms with van der Waals surface area (Å²) in [5.74, 6) is 0.325. The minimum absolute atomic E-state index is 0.0275. The molecule has 1 N–H and O–H groups in total. The third-order valence-corrected chi connectivity index (χ3v) is 4.66. The van der Waals surface area contributed by atoms with Gasteiger partial charge >= 0.3 is 0 Å².